The maximum absolute atomic E-state index is 9.42. The van der Waals surface area contributed by atoms with Crippen LogP contribution in [0.3, 0.4) is 0 Å². The highest BCUT2D eigenvalue weighted by Gasteiger charge is 2.19. The predicted octanol–water partition coefficient (Wildman–Crippen LogP) is 3.22. The van der Waals surface area contributed by atoms with Gasteiger partial charge in [0.1, 0.15) is 18.1 Å². The Bertz CT molecular complexity index is 579. The van der Waals surface area contributed by atoms with Crippen LogP contribution in [0.25, 0.3) is 0 Å². The first-order valence-corrected chi connectivity index (χ1v) is 7.02. The molecule has 0 saturated heterocycles. The first kappa shape index (κ1) is 13.0. The molecule has 2 aromatic rings. The van der Waals surface area contributed by atoms with E-state index in [-0.39, 0.29) is 5.75 Å². The van der Waals surface area contributed by atoms with E-state index < -0.39 is 0 Å². The number of nitrogens with one attached hydrogen (secondary N) is 1. The van der Waals surface area contributed by atoms with Crippen molar-refractivity contribution in [3.63, 3.8) is 0 Å². The second-order valence-corrected chi connectivity index (χ2v) is 5.26. The molecule has 2 N–H and O–H groups in total. The fourth-order valence-corrected chi connectivity index (χ4v) is 2.11. The molecular weight excluding hydrogens is 250 g/mol. The molecule has 2 aromatic carbocycles. The molecule has 0 radical (unpaired) electrons. The number of ether oxygens (including phenoxy) is 1. The van der Waals surface area contributed by atoms with Crippen LogP contribution in [0.1, 0.15) is 24.0 Å². The summed E-state index contributed by atoms with van der Waals surface area (Å²) in [6.45, 7) is 1.36. The molecule has 1 saturated carbocycles. The summed E-state index contributed by atoms with van der Waals surface area (Å²) in [4.78, 5) is 0. The lowest BCUT2D eigenvalue weighted by Crippen LogP contribution is -2.15. The Hall–Kier alpha value is -2.00. The second-order valence-electron chi connectivity index (χ2n) is 5.26. The summed E-state index contributed by atoms with van der Waals surface area (Å²) < 4.78 is 5.77. The summed E-state index contributed by atoms with van der Waals surface area (Å²) in [6, 6.07) is 16.0. The van der Waals surface area contributed by atoms with Crippen LogP contribution in [-0.4, -0.2) is 11.1 Å². The normalized spacial score (nSPS) is 14.2. The number of rotatable bonds is 6. The molecule has 0 amide bonds. The Balaban J connectivity index is 1.57. The lowest BCUT2D eigenvalue weighted by molar-refractivity contribution is 0.305. The number of phenols is 1. The molecule has 0 atom stereocenters. The number of phenolic OH excluding ortho intramolecular Hbond substituents is 1. The van der Waals surface area contributed by atoms with Crippen molar-refractivity contribution in [2.45, 2.75) is 32.0 Å². The standard InChI is InChI=1S/C17H19NO2/c19-16-5-1-4-14(9-16)12-20-17-6-2-3-13(10-17)11-18-15-7-8-15/h1-6,9-10,15,18-19H,7-8,11-12H2. The Morgan fingerprint density at radius 2 is 1.85 bits per heavy atom. The van der Waals surface area contributed by atoms with Crippen molar-refractivity contribution in [2.24, 2.45) is 0 Å². The number of benzene rings is 2. The van der Waals surface area contributed by atoms with Gasteiger partial charge in [-0.2, -0.15) is 0 Å². The van der Waals surface area contributed by atoms with Crippen molar-refractivity contribution in [2.75, 3.05) is 0 Å². The van der Waals surface area contributed by atoms with E-state index in [1.807, 2.05) is 24.3 Å². The van der Waals surface area contributed by atoms with Crippen molar-refractivity contribution in [1.82, 2.24) is 5.32 Å². The molecule has 104 valence electrons. The van der Waals surface area contributed by atoms with Crippen LogP contribution >= 0.6 is 0 Å². The van der Waals surface area contributed by atoms with E-state index in [0.717, 1.165) is 17.9 Å². The lowest BCUT2D eigenvalue weighted by atomic mass is 10.2. The first-order chi connectivity index (χ1) is 9.79. The van der Waals surface area contributed by atoms with Gasteiger partial charge in [-0.15, -0.1) is 0 Å². The van der Waals surface area contributed by atoms with Gasteiger partial charge < -0.3 is 15.2 Å². The van der Waals surface area contributed by atoms with Crippen LogP contribution in [0.2, 0.25) is 0 Å². The highest BCUT2D eigenvalue weighted by atomic mass is 16.5. The van der Waals surface area contributed by atoms with Gasteiger partial charge in [-0.3, -0.25) is 0 Å². The van der Waals surface area contributed by atoms with Gasteiger partial charge in [-0.25, -0.2) is 0 Å². The minimum Gasteiger partial charge on any atom is -0.508 e. The Labute approximate surface area is 119 Å². The highest BCUT2D eigenvalue weighted by molar-refractivity contribution is 5.30. The molecule has 0 spiro atoms. The average Bonchev–Trinajstić information content (AvgIpc) is 3.28. The number of hydrogen-bond acceptors (Lipinski definition) is 3. The van der Waals surface area contributed by atoms with Crippen molar-refractivity contribution in [3.8, 4) is 11.5 Å². The average molecular weight is 269 g/mol. The third kappa shape index (κ3) is 3.75. The van der Waals surface area contributed by atoms with Gasteiger partial charge in [-0.05, 0) is 48.2 Å². The number of aromatic hydroxyl groups is 1. The molecule has 3 nitrogen and oxygen atoms in total. The van der Waals surface area contributed by atoms with Gasteiger partial charge in [0.15, 0.2) is 0 Å². The molecule has 3 heteroatoms. The molecule has 1 aliphatic carbocycles. The van der Waals surface area contributed by atoms with E-state index in [1.54, 1.807) is 12.1 Å². The van der Waals surface area contributed by atoms with Crippen LogP contribution in [0.15, 0.2) is 48.5 Å². The molecule has 0 aromatic heterocycles. The maximum Gasteiger partial charge on any atom is 0.120 e. The first-order valence-electron chi connectivity index (χ1n) is 7.02. The van der Waals surface area contributed by atoms with E-state index in [0.29, 0.717) is 12.6 Å². The van der Waals surface area contributed by atoms with E-state index >= 15 is 0 Å². The van der Waals surface area contributed by atoms with Gasteiger partial charge >= 0.3 is 0 Å². The van der Waals surface area contributed by atoms with Crippen LogP contribution in [-0.2, 0) is 13.2 Å². The minimum atomic E-state index is 0.272. The summed E-state index contributed by atoms with van der Waals surface area (Å²) in [6.07, 6.45) is 2.60. The van der Waals surface area contributed by atoms with Crippen LogP contribution < -0.4 is 10.1 Å². The maximum atomic E-state index is 9.42. The molecule has 0 aliphatic heterocycles. The largest absolute Gasteiger partial charge is 0.508 e. The van der Waals surface area contributed by atoms with Gasteiger partial charge in [0.05, 0.1) is 0 Å². The fourth-order valence-electron chi connectivity index (χ4n) is 2.11. The van der Waals surface area contributed by atoms with E-state index in [1.165, 1.54) is 18.4 Å². The topological polar surface area (TPSA) is 41.5 Å². The molecule has 1 aliphatic rings. The molecule has 1 fully saturated rings. The highest BCUT2D eigenvalue weighted by Crippen LogP contribution is 2.21. The monoisotopic (exact) mass is 269 g/mol. The van der Waals surface area contributed by atoms with Gasteiger partial charge in [0, 0.05) is 12.6 Å². The van der Waals surface area contributed by atoms with E-state index in [4.69, 9.17) is 4.74 Å². The summed E-state index contributed by atoms with van der Waals surface area (Å²) in [7, 11) is 0. The summed E-state index contributed by atoms with van der Waals surface area (Å²) in [5.74, 6) is 1.14. The van der Waals surface area contributed by atoms with Crippen molar-refractivity contribution in [1.29, 1.82) is 0 Å². The van der Waals surface area contributed by atoms with Gasteiger partial charge in [-0.1, -0.05) is 24.3 Å². The van der Waals surface area contributed by atoms with Crippen LogP contribution in [0, 0.1) is 0 Å². The van der Waals surface area contributed by atoms with Crippen molar-refractivity contribution < 1.29 is 9.84 Å². The fraction of sp³-hybridized carbons (Fsp3) is 0.294. The third-order valence-electron chi connectivity index (χ3n) is 3.39. The zero-order valence-corrected chi connectivity index (χ0v) is 11.4. The van der Waals surface area contributed by atoms with Gasteiger partial charge in [0.2, 0.25) is 0 Å². The zero-order valence-electron chi connectivity index (χ0n) is 11.4. The summed E-state index contributed by atoms with van der Waals surface area (Å²) >= 11 is 0. The summed E-state index contributed by atoms with van der Waals surface area (Å²) in [5, 5.41) is 12.9. The lowest BCUT2D eigenvalue weighted by Gasteiger charge is -2.09. The molecule has 20 heavy (non-hydrogen) atoms. The predicted molar refractivity (Wildman–Crippen MR) is 78.7 cm³/mol. The SMILES string of the molecule is Oc1cccc(COc2cccc(CNC3CC3)c2)c1. The van der Waals surface area contributed by atoms with E-state index in [2.05, 4.69) is 17.4 Å². The Morgan fingerprint density at radius 1 is 1.05 bits per heavy atom. The van der Waals surface area contributed by atoms with Crippen LogP contribution in [0.4, 0.5) is 0 Å². The van der Waals surface area contributed by atoms with Crippen LogP contribution in [0.5, 0.6) is 11.5 Å². The molecule has 0 bridgehead atoms. The molecule has 0 unspecified atom stereocenters. The van der Waals surface area contributed by atoms with Gasteiger partial charge in [0.25, 0.3) is 0 Å². The molecule has 0 heterocycles. The molecular formula is C17H19NO2. The third-order valence-corrected chi connectivity index (χ3v) is 3.39. The smallest absolute Gasteiger partial charge is 0.120 e. The quantitative estimate of drug-likeness (QED) is 0.846. The van der Waals surface area contributed by atoms with Crippen molar-refractivity contribution >= 4 is 0 Å². The zero-order chi connectivity index (χ0) is 13.8. The van der Waals surface area contributed by atoms with E-state index in [9.17, 15) is 5.11 Å². The summed E-state index contributed by atoms with van der Waals surface area (Å²) in [5.41, 5.74) is 2.21. The van der Waals surface area contributed by atoms with Crippen molar-refractivity contribution in [3.05, 3.63) is 59.7 Å². The number of hydrogen-bond donors (Lipinski definition) is 2. The minimum absolute atomic E-state index is 0.272. The Kier molecular flexibility index (Phi) is 3.88. The second kappa shape index (κ2) is 5.97. The Morgan fingerprint density at radius 3 is 2.65 bits per heavy atom. The molecule has 3 rings (SSSR count).